The molecule has 15 heavy (non-hydrogen) atoms. The monoisotopic (exact) mass is 218 g/mol. The van der Waals surface area contributed by atoms with E-state index >= 15 is 0 Å². The molecule has 0 radical (unpaired) electrons. The molecule has 0 saturated heterocycles. The van der Waals surface area contributed by atoms with Gasteiger partial charge in [-0.25, -0.2) is 0 Å². The van der Waals surface area contributed by atoms with Gasteiger partial charge in [-0.1, -0.05) is 6.92 Å². The lowest BCUT2D eigenvalue weighted by molar-refractivity contribution is 1.10. The second-order valence-corrected chi connectivity index (χ2v) is 4.57. The van der Waals surface area contributed by atoms with Crippen molar-refractivity contribution in [2.75, 3.05) is 11.5 Å². The molecule has 1 heterocycles. The average Bonchev–Trinajstić information content (AvgIpc) is 2.25. The van der Waals surface area contributed by atoms with E-state index in [1.807, 2.05) is 30.1 Å². The van der Waals surface area contributed by atoms with Crippen LogP contribution < -0.4 is 5.73 Å². The normalized spacial score (nSPS) is 10.7. The Hall–Kier alpha value is -1.22. The van der Waals surface area contributed by atoms with Crippen molar-refractivity contribution >= 4 is 28.4 Å². The molecule has 0 spiro atoms. The number of aromatic nitrogens is 1. The first-order valence-electron chi connectivity index (χ1n) is 5.08. The van der Waals surface area contributed by atoms with Crippen LogP contribution in [0.2, 0.25) is 0 Å². The summed E-state index contributed by atoms with van der Waals surface area (Å²) in [5, 5.41) is 1.20. The maximum atomic E-state index is 5.73. The summed E-state index contributed by atoms with van der Waals surface area (Å²) in [7, 11) is 0. The Bertz CT molecular complexity index is 468. The van der Waals surface area contributed by atoms with Crippen molar-refractivity contribution in [1.82, 2.24) is 4.98 Å². The lowest BCUT2D eigenvalue weighted by atomic mass is 10.2. The molecule has 0 saturated carbocycles. The zero-order chi connectivity index (χ0) is 10.7. The first-order chi connectivity index (χ1) is 7.31. The van der Waals surface area contributed by atoms with Crippen molar-refractivity contribution in [3.63, 3.8) is 0 Å². The highest BCUT2D eigenvalue weighted by molar-refractivity contribution is 7.99. The van der Waals surface area contributed by atoms with Crippen molar-refractivity contribution in [1.29, 1.82) is 0 Å². The molecule has 3 heteroatoms. The van der Waals surface area contributed by atoms with Crippen molar-refractivity contribution in [3.8, 4) is 0 Å². The number of pyridine rings is 1. The van der Waals surface area contributed by atoms with Crippen LogP contribution in [0.25, 0.3) is 10.9 Å². The first kappa shape index (κ1) is 10.3. The van der Waals surface area contributed by atoms with E-state index in [0.29, 0.717) is 0 Å². The second kappa shape index (κ2) is 4.53. The summed E-state index contributed by atoms with van der Waals surface area (Å²) in [5.74, 6) is 1.14. The fraction of sp³-hybridized carbons (Fsp3) is 0.250. The number of nitrogens with two attached hydrogens (primary N) is 1. The third-order valence-corrected chi connectivity index (χ3v) is 3.47. The van der Waals surface area contributed by atoms with Gasteiger partial charge in [-0.3, -0.25) is 4.98 Å². The van der Waals surface area contributed by atoms with Crippen LogP contribution in [0.15, 0.2) is 35.4 Å². The van der Waals surface area contributed by atoms with Gasteiger partial charge in [0, 0.05) is 22.2 Å². The number of nitrogens with zero attached hydrogens (tertiary/aromatic N) is 1. The molecule has 2 rings (SSSR count). The van der Waals surface area contributed by atoms with Gasteiger partial charge in [0.05, 0.1) is 5.52 Å². The minimum absolute atomic E-state index is 0.771. The fourth-order valence-electron chi connectivity index (χ4n) is 1.48. The number of hydrogen-bond acceptors (Lipinski definition) is 3. The summed E-state index contributed by atoms with van der Waals surface area (Å²) in [5.41, 5.74) is 7.48. The first-order valence-corrected chi connectivity index (χ1v) is 6.07. The maximum absolute atomic E-state index is 5.73. The van der Waals surface area contributed by atoms with Gasteiger partial charge in [-0.2, -0.15) is 0 Å². The maximum Gasteiger partial charge on any atom is 0.0733 e. The smallest absolute Gasteiger partial charge is 0.0733 e. The largest absolute Gasteiger partial charge is 0.399 e. The van der Waals surface area contributed by atoms with Crippen LogP contribution in [0.4, 0.5) is 5.69 Å². The molecule has 1 aromatic carbocycles. The van der Waals surface area contributed by atoms with E-state index in [1.54, 1.807) is 0 Å². The molecule has 0 fully saturated rings. The van der Waals surface area contributed by atoms with Gasteiger partial charge in [-0.15, -0.1) is 11.8 Å². The molecule has 0 aliphatic rings. The summed E-state index contributed by atoms with van der Waals surface area (Å²) in [4.78, 5) is 5.61. The van der Waals surface area contributed by atoms with Gasteiger partial charge in [-0.05, 0) is 36.4 Å². The lowest BCUT2D eigenvalue weighted by Crippen LogP contribution is -1.87. The van der Waals surface area contributed by atoms with Crippen LogP contribution in [-0.4, -0.2) is 10.7 Å². The highest BCUT2D eigenvalue weighted by Gasteiger charge is 2.01. The zero-order valence-corrected chi connectivity index (χ0v) is 9.55. The van der Waals surface area contributed by atoms with E-state index in [9.17, 15) is 0 Å². The molecular weight excluding hydrogens is 204 g/mol. The number of benzene rings is 1. The molecule has 0 atom stereocenters. The summed E-state index contributed by atoms with van der Waals surface area (Å²) in [6.45, 7) is 2.19. The van der Waals surface area contributed by atoms with Crippen LogP contribution >= 0.6 is 11.8 Å². The van der Waals surface area contributed by atoms with Gasteiger partial charge >= 0.3 is 0 Å². The molecule has 0 bridgehead atoms. The molecular formula is C12H14N2S. The summed E-state index contributed by atoms with van der Waals surface area (Å²) < 4.78 is 0. The molecule has 78 valence electrons. The predicted molar refractivity (Wildman–Crippen MR) is 67.2 cm³/mol. The molecule has 1 aromatic heterocycles. The number of hydrogen-bond donors (Lipinski definition) is 1. The van der Waals surface area contributed by atoms with Crippen molar-refractivity contribution in [3.05, 3.63) is 30.5 Å². The van der Waals surface area contributed by atoms with Gasteiger partial charge < -0.3 is 5.73 Å². The SMILES string of the molecule is CCCSc1ccnc2cc(N)ccc12. The van der Waals surface area contributed by atoms with E-state index < -0.39 is 0 Å². The zero-order valence-electron chi connectivity index (χ0n) is 8.73. The Balaban J connectivity index is 2.46. The minimum atomic E-state index is 0.771. The highest BCUT2D eigenvalue weighted by Crippen LogP contribution is 2.27. The topological polar surface area (TPSA) is 38.9 Å². The van der Waals surface area contributed by atoms with Crippen LogP contribution in [0.3, 0.4) is 0 Å². The number of fused-ring (bicyclic) bond motifs is 1. The van der Waals surface area contributed by atoms with Gasteiger partial charge in [0.2, 0.25) is 0 Å². The van der Waals surface area contributed by atoms with Crippen molar-refractivity contribution < 1.29 is 0 Å². The Morgan fingerprint density at radius 3 is 3.00 bits per heavy atom. The molecule has 0 aliphatic carbocycles. The molecule has 2 aromatic rings. The third kappa shape index (κ3) is 2.23. The number of anilines is 1. The summed E-state index contributed by atoms with van der Waals surface area (Å²) >= 11 is 1.87. The number of thioether (sulfide) groups is 1. The predicted octanol–water partition coefficient (Wildman–Crippen LogP) is 3.32. The van der Waals surface area contributed by atoms with Crippen LogP contribution in [0, 0.1) is 0 Å². The van der Waals surface area contributed by atoms with Crippen LogP contribution in [0.5, 0.6) is 0 Å². The Morgan fingerprint density at radius 1 is 1.33 bits per heavy atom. The van der Waals surface area contributed by atoms with E-state index in [0.717, 1.165) is 17.0 Å². The van der Waals surface area contributed by atoms with Crippen LogP contribution in [0.1, 0.15) is 13.3 Å². The molecule has 0 amide bonds. The van der Waals surface area contributed by atoms with E-state index in [4.69, 9.17) is 5.73 Å². The van der Waals surface area contributed by atoms with E-state index in [-0.39, 0.29) is 0 Å². The van der Waals surface area contributed by atoms with Crippen LogP contribution in [-0.2, 0) is 0 Å². The van der Waals surface area contributed by atoms with Gasteiger partial charge in [0.25, 0.3) is 0 Å². The van der Waals surface area contributed by atoms with E-state index in [2.05, 4.69) is 24.0 Å². The van der Waals surface area contributed by atoms with E-state index in [1.165, 1.54) is 16.7 Å². The van der Waals surface area contributed by atoms with Gasteiger partial charge in [0.15, 0.2) is 0 Å². The second-order valence-electron chi connectivity index (χ2n) is 3.43. The van der Waals surface area contributed by atoms with Gasteiger partial charge in [0.1, 0.15) is 0 Å². The Morgan fingerprint density at radius 2 is 2.20 bits per heavy atom. The quantitative estimate of drug-likeness (QED) is 0.634. The number of nitrogen functional groups attached to an aromatic ring is 1. The molecule has 2 N–H and O–H groups in total. The average molecular weight is 218 g/mol. The third-order valence-electron chi connectivity index (χ3n) is 2.19. The van der Waals surface area contributed by atoms with Crippen molar-refractivity contribution in [2.45, 2.75) is 18.2 Å². The van der Waals surface area contributed by atoms with Crippen molar-refractivity contribution in [2.24, 2.45) is 0 Å². The highest BCUT2D eigenvalue weighted by atomic mass is 32.2. The number of rotatable bonds is 3. The Labute approximate surface area is 93.9 Å². The molecule has 0 unspecified atom stereocenters. The molecule has 2 nitrogen and oxygen atoms in total. The summed E-state index contributed by atoms with van der Waals surface area (Å²) in [6.07, 6.45) is 3.03. The molecule has 0 aliphatic heterocycles. The lowest BCUT2D eigenvalue weighted by Gasteiger charge is -2.05. The summed E-state index contributed by atoms with van der Waals surface area (Å²) in [6, 6.07) is 7.97. The Kier molecular flexibility index (Phi) is 3.11. The standard InChI is InChI=1S/C12H14N2S/c1-2-7-15-12-5-6-14-11-8-9(13)3-4-10(11)12/h3-6,8H,2,7,13H2,1H3. The minimum Gasteiger partial charge on any atom is -0.399 e. The fourth-order valence-corrected chi connectivity index (χ4v) is 2.39.